The number of Topliss-reactive ketones (excluding diaryl/α,β-unsaturated/α-hetero) is 1. The molecule has 1 heterocycles. The molecule has 130 valence electrons. The van der Waals surface area contributed by atoms with Gasteiger partial charge in [-0.2, -0.15) is 0 Å². The van der Waals surface area contributed by atoms with Gasteiger partial charge in [0.15, 0.2) is 5.78 Å². The fourth-order valence-electron chi connectivity index (χ4n) is 3.84. The third-order valence-corrected chi connectivity index (χ3v) is 5.25. The van der Waals surface area contributed by atoms with Gasteiger partial charge in [0, 0.05) is 36.7 Å². The zero-order valence-corrected chi connectivity index (χ0v) is 14.9. The molecule has 0 aromatic carbocycles. The number of nitrogens with zero attached hydrogens (tertiary/aromatic N) is 1. The van der Waals surface area contributed by atoms with E-state index in [1.165, 1.54) is 5.57 Å². The SMILES string of the molecule is CCCC1=Cc2c(ncc(C(=O)CC)c2NC2CCC(N)CC2)C1. The predicted octanol–water partition coefficient (Wildman–Crippen LogP) is 4.10. The Labute approximate surface area is 144 Å². The monoisotopic (exact) mass is 327 g/mol. The molecular weight excluding hydrogens is 298 g/mol. The molecule has 0 aliphatic heterocycles. The second-order valence-corrected chi connectivity index (χ2v) is 7.17. The lowest BCUT2D eigenvalue weighted by atomic mass is 9.91. The second-order valence-electron chi connectivity index (χ2n) is 7.17. The summed E-state index contributed by atoms with van der Waals surface area (Å²) in [5.41, 5.74) is 11.5. The number of allylic oxidation sites excluding steroid dienone is 1. The minimum atomic E-state index is 0.164. The first-order chi connectivity index (χ1) is 11.6. The number of rotatable bonds is 6. The minimum Gasteiger partial charge on any atom is -0.381 e. The molecule has 0 atom stereocenters. The number of anilines is 1. The quantitative estimate of drug-likeness (QED) is 0.772. The Bertz CT molecular complexity index is 643. The van der Waals surface area contributed by atoms with Gasteiger partial charge in [-0.3, -0.25) is 9.78 Å². The van der Waals surface area contributed by atoms with Crippen LogP contribution in [0.5, 0.6) is 0 Å². The van der Waals surface area contributed by atoms with E-state index in [1.54, 1.807) is 6.20 Å². The fraction of sp³-hybridized carbons (Fsp3) is 0.600. The molecule has 2 aliphatic carbocycles. The van der Waals surface area contributed by atoms with Gasteiger partial charge in [0.1, 0.15) is 0 Å². The summed E-state index contributed by atoms with van der Waals surface area (Å²) in [6.45, 7) is 4.12. The van der Waals surface area contributed by atoms with Gasteiger partial charge in [-0.1, -0.05) is 31.9 Å². The molecule has 2 aliphatic rings. The van der Waals surface area contributed by atoms with E-state index in [0.29, 0.717) is 18.5 Å². The maximum atomic E-state index is 12.4. The minimum absolute atomic E-state index is 0.164. The van der Waals surface area contributed by atoms with Crippen LogP contribution in [-0.2, 0) is 6.42 Å². The lowest BCUT2D eigenvalue weighted by Gasteiger charge is -2.29. The van der Waals surface area contributed by atoms with Gasteiger partial charge in [0.25, 0.3) is 0 Å². The first kappa shape index (κ1) is 17.2. The standard InChI is InChI=1S/C20H29N3O/c1-3-5-13-10-16-18(11-13)22-12-17(19(24)4-2)20(16)23-15-8-6-14(21)7-9-15/h10,12,14-15H,3-9,11,21H2,1-2H3,(H,22,23). The highest BCUT2D eigenvalue weighted by molar-refractivity contribution is 6.03. The van der Waals surface area contributed by atoms with Crippen LogP contribution in [0.3, 0.4) is 0 Å². The van der Waals surface area contributed by atoms with Crippen LogP contribution in [0.15, 0.2) is 11.8 Å². The summed E-state index contributed by atoms with van der Waals surface area (Å²) < 4.78 is 0. The molecule has 3 N–H and O–H groups in total. The third-order valence-electron chi connectivity index (χ3n) is 5.25. The molecule has 1 saturated carbocycles. The molecule has 4 heteroatoms. The number of ketones is 1. The van der Waals surface area contributed by atoms with E-state index < -0.39 is 0 Å². The number of aromatic nitrogens is 1. The molecule has 0 saturated heterocycles. The molecule has 0 amide bonds. The van der Waals surface area contributed by atoms with Crippen LogP contribution in [0.4, 0.5) is 5.69 Å². The summed E-state index contributed by atoms with van der Waals surface area (Å²) in [5.74, 6) is 0.164. The number of nitrogens with two attached hydrogens (primary N) is 1. The lowest BCUT2D eigenvalue weighted by Crippen LogP contribution is -2.33. The molecule has 0 radical (unpaired) electrons. The summed E-state index contributed by atoms with van der Waals surface area (Å²) in [6.07, 6.45) is 12.0. The summed E-state index contributed by atoms with van der Waals surface area (Å²) >= 11 is 0. The number of pyridine rings is 1. The summed E-state index contributed by atoms with van der Waals surface area (Å²) in [4.78, 5) is 17.0. The molecule has 0 spiro atoms. The Morgan fingerprint density at radius 2 is 2.04 bits per heavy atom. The molecule has 0 bridgehead atoms. The highest BCUT2D eigenvalue weighted by Crippen LogP contribution is 2.35. The first-order valence-corrected chi connectivity index (χ1v) is 9.39. The van der Waals surface area contributed by atoms with Crippen molar-refractivity contribution >= 4 is 17.5 Å². The maximum Gasteiger partial charge on any atom is 0.166 e. The van der Waals surface area contributed by atoms with Gasteiger partial charge < -0.3 is 11.1 Å². The molecule has 24 heavy (non-hydrogen) atoms. The topological polar surface area (TPSA) is 68.0 Å². The van der Waals surface area contributed by atoms with Crippen LogP contribution < -0.4 is 11.1 Å². The van der Waals surface area contributed by atoms with Crippen molar-refractivity contribution in [2.24, 2.45) is 5.73 Å². The van der Waals surface area contributed by atoms with Crippen molar-refractivity contribution in [3.8, 4) is 0 Å². The van der Waals surface area contributed by atoms with Crippen molar-refractivity contribution in [2.45, 2.75) is 77.3 Å². The normalized spacial score (nSPS) is 22.9. The predicted molar refractivity (Wildman–Crippen MR) is 99.3 cm³/mol. The number of hydrogen-bond acceptors (Lipinski definition) is 4. The number of nitrogens with one attached hydrogen (secondary N) is 1. The van der Waals surface area contributed by atoms with Crippen molar-refractivity contribution in [3.05, 3.63) is 28.6 Å². The van der Waals surface area contributed by atoms with Crippen LogP contribution in [0.25, 0.3) is 6.08 Å². The zero-order chi connectivity index (χ0) is 17.1. The molecule has 3 rings (SSSR count). The van der Waals surface area contributed by atoms with E-state index in [4.69, 9.17) is 5.73 Å². The molecule has 4 nitrogen and oxygen atoms in total. The van der Waals surface area contributed by atoms with E-state index in [2.05, 4.69) is 23.3 Å². The Morgan fingerprint density at radius 1 is 1.29 bits per heavy atom. The molecule has 1 aromatic rings. The van der Waals surface area contributed by atoms with E-state index in [9.17, 15) is 4.79 Å². The Balaban J connectivity index is 1.92. The van der Waals surface area contributed by atoms with Crippen LogP contribution in [0.2, 0.25) is 0 Å². The molecule has 1 fully saturated rings. The van der Waals surface area contributed by atoms with E-state index in [1.807, 2.05) is 6.92 Å². The van der Waals surface area contributed by atoms with Crippen molar-refractivity contribution in [1.82, 2.24) is 4.98 Å². The summed E-state index contributed by atoms with van der Waals surface area (Å²) in [6, 6.07) is 0.738. The van der Waals surface area contributed by atoms with Crippen LogP contribution in [-0.4, -0.2) is 22.9 Å². The molecular formula is C20H29N3O. The number of hydrogen-bond donors (Lipinski definition) is 2. The smallest absolute Gasteiger partial charge is 0.166 e. The van der Waals surface area contributed by atoms with Crippen LogP contribution >= 0.6 is 0 Å². The third kappa shape index (κ3) is 3.54. The number of fused-ring (bicyclic) bond motifs is 1. The van der Waals surface area contributed by atoms with E-state index in [0.717, 1.165) is 67.5 Å². The van der Waals surface area contributed by atoms with Crippen LogP contribution in [0.1, 0.15) is 80.4 Å². The number of carbonyl (C=O) groups is 1. The Morgan fingerprint density at radius 3 is 2.71 bits per heavy atom. The highest BCUT2D eigenvalue weighted by Gasteiger charge is 2.25. The summed E-state index contributed by atoms with van der Waals surface area (Å²) in [7, 11) is 0. The fourth-order valence-corrected chi connectivity index (χ4v) is 3.84. The lowest BCUT2D eigenvalue weighted by molar-refractivity contribution is 0.0988. The van der Waals surface area contributed by atoms with Crippen molar-refractivity contribution < 1.29 is 4.79 Å². The Hall–Kier alpha value is -1.68. The average molecular weight is 327 g/mol. The van der Waals surface area contributed by atoms with Crippen molar-refractivity contribution in [1.29, 1.82) is 0 Å². The van der Waals surface area contributed by atoms with Crippen LogP contribution in [0, 0.1) is 0 Å². The van der Waals surface area contributed by atoms with Gasteiger partial charge >= 0.3 is 0 Å². The van der Waals surface area contributed by atoms with E-state index in [-0.39, 0.29) is 5.78 Å². The second kappa shape index (κ2) is 7.47. The largest absolute Gasteiger partial charge is 0.381 e. The molecule has 0 unspecified atom stereocenters. The summed E-state index contributed by atoms with van der Waals surface area (Å²) in [5, 5.41) is 3.69. The van der Waals surface area contributed by atoms with Gasteiger partial charge in [-0.25, -0.2) is 0 Å². The average Bonchev–Trinajstić information content (AvgIpc) is 3.00. The highest BCUT2D eigenvalue weighted by atomic mass is 16.1. The van der Waals surface area contributed by atoms with Gasteiger partial charge in [-0.15, -0.1) is 0 Å². The van der Waals surface area contributed by atoms with E-state index >= 15 is 0 Å². The zero-order valence-electron chi connectivity index (χ0n) is 14.9. The molecule has 1 aromatic heterocycles. The first-order valence-electron chi connectivity index (χ1n) is 9.39. The van der Waals surface area contributed by atoms with Crippen molar-refractivity contribution in [3.63, 3.8) is 0 Å². The Kier molecular flexibility index (Phi) is 5.34. The van der Waals surface area contributed by atoms with Gasteiger partial charge in [-0.05, 0) is 32.1 Å². The number of carbonyl (C=O) groups excluding carboxylic acids is 1. The van der Waals surface area contributed by atoms with Gasteiger partial charge in [0.05, 0.1) is 16.9 Å². The maximum absolute atomic E-state index is 12.4. The van der Waals surface area contributed by atoms with Crippen molar-refractivity contribution in [2.75, 3.05) is 5.32 Å². The van der Waals surface area contributed by atoms with Gasteiger partial charge in [0.2, 0.25) is 0 Å².